The number of carboxylic acids is 1. The van der Waals surface area contributed by atoms with Crippen molar-refractivity contribution in [3.05, 3.63) is 12.2 Å². The van der Waals surface area contributed by atoms with Gasteiger partial charge in [-0.3, -0.25) is 24.1 Å². The number of thiol groups is 1. The normalized spacial score (nSPS) is 13.9. The van der Waals surface area contributed by atoms with E-state index in [2.05, 4.69) is 23.3 Å². The van der Waals surface area contributed by atoms with Crippen LogP contribution in [0.4, 0.5) is 0 Å². The topological polar surface area (TPSA) is 170 Å². The van der Waals surface area contributed by atoms with Crippen LogP contribution in [0.2, 0.25) is 0 Å². The minimum atomic E-state index is -1.14. The Morgan fingerprint density at radius 3 is 1.85 bits per heavy atom. The highest BCUT2D eigenvalue weighted by Crippen LogP contribution is 2.02. The van der Waals surface area contributed by atoms with Gasteiger partial charge >= 0.3 is 5.97 Å². The van der Waals surface area contributed by atoms with Crippen LogP contribution in [-0.4, -0.2) is 117 Å². The maximum absolute atomic E-state index is 11.7. The zero-order valence-corrected chi connectivity index (χ0v) is 19.6. The third kappa shape index (κ3) is 13.3. The summed E-state index contributed by atoms with van der Waals surface area (Å²) in [5.74, 6) is -3.02. The van der Waals surface area contributed by atoms with E-state index in [0.29, 0.717) is 33.0 Å². The first-order valence-corrected chi connectivity index (χ1v) is 11.2. The van der Waals surface area contributed by atoms with Crippen LogP contribution in [0.3, 0.4) is 0 Å². The Morgan fingerprint density at radius 1 is 0.853 bits per heavy atom. The molecule has 34 heavy (non-hydrogen) atoms. The van der Waals surface area contributed by atoms with Crippen LogP contribution in [0.5, 0.6) is 0 Å². The molecule has 1 rings (SSSR count). The SMILES string of the molecule is O=C(CN1C(=O)C=CC1=O)NCCOCCOCCOCCOCCC(=O)N[C@@H](CS)C(=O)O. The van der Waals surface area contributed by atoms with Gasteiger partial charge in [0, 0.05) is 30.9 Å². The number of hydrogen-bond acceptors (Lipinski definition) is 10. The van der Waals surface area contributed by atoms with Crippen LogP contribution >= 0.6 is 12.6 Å². The van der Waals surface area contributed by atoms with Crippen molar-refractivity contribution >= 4 is 42.2 Å². The van der Waals surface area contributed by atoms with E-state index in [9.17, 15) is 24.0 Å². The van der Waals surface area contributed by atoms with Crippen LogP contribution in [0, 0.1) is 0 Å². The van der Waals surface area contributed by atoms with Gasteiger partial charge in [-0.25, -0.2) is 4.79 Å². The molecule has 3 N–H and O–H groups in total. The molecule has 4 amide bonds. The van der Waals surface area contributed by atoms with Crippen molar-refractivity contribution in [3.63, 3.8) is 0 Å². The molecule has 192 valence electrons. The molecule has 0 aromatic carbocycles. The monoisotopic (exact) mass is 505 g/mol. The molecule has 0 spiro atoms. The number of carboxylic acid groups (broad SMARTS) is 1. The molecule has 0 radical (unpaired) electrons. The molecule has 14 heteroatoms. The van der Waals surface area contributed by atoms with E-state index < -0.39 is 35.6 Å². The minimum Gasteiger partial charge on any atom is -0.480 e. The summed E-state index contributed by atoms with van der Waals surface area (Å²) in [5, 5.41) is 13.7. The summed E-state index contributed by atoms with van der Waals surface area (Å²) in [5.41, 5.74) is 0. The molecule has 1 aliphatic heterocycles. The number of rotatable bonds is 20. The average Bonchev–Trinajstić information content (AvgIpc) is 3.11. The number of nitrogens with one attached hydrogen (secondary N) is 2. The average molecular weight is 506 g/mol. The molecular formula is C20H31N3O10S. The van der Waals surface area contributed by atoms with Crippen molar-refractivity contribution in [2.24, 2.45) is 0 Å². The van der Waals surface area contributed by atoms with Crippen LogP contribution < -0.4 is 10.6 Å². The Balaban J connectivity index is 1.83. The number of amides is 4. The number of hydrogen-bond donors (Lipinski definition) is 4. The van der Waals surface area contributed by atoms with Gasteiger partial charge in [-0.2, -0.15) is 12.6 Å². The largest absolute Gasteiger partial charge is 0.480 e. The Kier molecular flexibility index (Phi) is 15.5. The first-order chi connectivity index (χ1) is 16.3. The Morgan fingerprint density at radius 2 is 1.35 bits per heavy atom. The summed E-state index contributed by atoms with van der Waals surface area (Å²) in [6.07, 6.45) is 2.28. The van der Waals surface area contributed by atoms with Crippen LogP contribution in [0.15, 0.2) is 12.2 Å². The second-order valence-electron chi connectivity index (χ2n) is 6.79. The van der Waals surface area contributed by atoms with Gasteiger partial charge in [-0.05, 0) is 0 Å². The summed E-state index contributed by atoms with van der Waals surface area (Å²) >= 11 is 3.86. The van der Waals surface area contributed by atoms with E-state index in [4.69, 9.17) is 24.1 Å². The van der Waals surface area contributed by atoms with Crippen molar-refractivity contribution in [2.75, 3.05) is 71.7 Å². The molecule has 0 unspecified atom stereocenters. The van der Waals surface area contributed by atoms with E-state index in [1.165, 1.54) is 0 Å². The third-order valence-corrected chi connectivity index (χ3v) is 4.54. The van der Waals surface area contributed by atoms with Gasteiger partial charge in [0.05, 0.1) is 52.9 Å². The van der Waals surface area contributed by atoms with E-state index in [-0.39, 0.29) is 45.1 Å². The maximum Gasteiger partial charge on any atom is 0.327 e. The third-order valence-electron chi connectivity index (χ3n) is 4.18. The highest BCUT2D eigenvalue weighted by atomic mass is 32.1. The molecule has 0 fully saturated rings. The first-order valence-electron chi connectivity index (χ1n) is 10.6. The molecule has 1 heterocycles. The summed E-state index contributed by atoms with van der Waals surface area (Å²) in [7, 11) is 0. The van der Waals surface area contributed by atoms with E-state index in [0.717, 1.165) is 17.1 Å². The second kappa shape index (κ2) is 17.9. The highest BCUT2D eigenvalue weighted by molar-refractivity contribution is 7.80. The molecule has 0 saturated carbocycles. The lowest BCUT2D eigenvalue weighted by atomic mass is 10.3. The Bertz CT molecular complexity index is 701. The summed E-state index contributed by atoms with van der Waals surface area (Å²) in [4.78, 5) is 57.6. The van der Waals surface area contributed by atoms with Gasteiger partial charge in [0.2, 0.25) is 11.8 Å². The number of ether oxygens (including phenoxy) is 4. The highest BCUT2D eigenvalue weighted by Gasteiger charge is 2.25. The number of carbonyl (C=O) groups excluding carboxylic acids is 4. The van der Waals surface area contributed by atoms with Gasteiger partial charge in [0.1, 0.15) is 12.6 Å². The fraction of sp³-hybridized carbons (Fsp3) is 0.650. The van der Waals surface area contributed by atoms with Crippen LogP contribution in [-0.2, 0) is 42.9 Å². The molecule has 1 atom stereocenters. The zero-order chi connectivity index (χ0) is 25.2. The van der Waals surface area contributed by atoms with Crippen molar-refractivity contribution in [2.45, 2.75) is 12.5 Å². The van der Waals surface area contributed by atoms with Gasteiger partial charge in [-0.15, -0.1) is 0 Å². The number of carbonyl (C=O) groups is 5. The van der Waals surface area contributed by atoms with E-state index in [1.54, 1.807) is 0 Å². The van der Waals surface area contributed by atoms with Gasteiger partial charge in [-0.1, -0.05) is 0 Å². The molecule has 0 aliphatic carbocycles. The van der Waals surface area contributed by atoms with Gasteiger partial charge < -0.3 is 34.7 Å². The van der Waals surface area contributed by atoms with Crippen molar-refractivity contribution in [1.82, 2.24) is 15.5 Å². The summed E-state index contributed by atoms with van der Waals surface area (Å²) < 4.78 is 21.2. The summed E-state index contributed by atoms with van der Waals surface area (Å²) in [6, 6.07) is -1.02. The summed E-state index contributed by atoms with van der Waals surface area (Å²) in [6.45, 7) is 2.30. The van der Waals surface area contributed by atoms with Crippen molar-refractivity contribution in [3.8, 4) is 0 Å². The van der Waals surface area contributed by atoms with Crippen molar-refractivity contribution in [1.29, 1.82) is 0 Å². The molecular weight excluding hydrogens is 474 g/mol. The minimum absolute atomic E-state index is 0.00745. The molecule has 0 saturated heterocycles. The van der Waals surface area contributed by atoms with E-state index >= 15 is 0 Å². The van der Waals surface area contributed by atoms with Gasteiger partial charge in [0.25, 0.3) is 11.8 Å². The first kappa shape index (κ1) is 29.5. The van der Waals surface area contributed by atoms with Gasteiger partial charge in [0.15, 0.2) is 0 Å². The fourth-order valence-corrected chi connectivity index (χ4v) is 2.68. The number of nitrogens with zero attached hydrogens (tertiary/aromatic N) is 1. The molecule has 13 nitrogen and oxygen atoms in total. The zero-order valence-electron chi connectivity index (χ0n) is 18.7. The Hall–Kier alpha value is -2.52. The standard InChI is InChI=1S/C20H31N3O10S/c24-16(22-15(14-34)20(28)29)3-5-30-7-9-32-11-12-33-10-8-31-6-4-21-17(25)13-23-18(26)1-2-19(23)27/h1-2,15,34H,3-14H2,(H,21,25)(H,22,24)(H,28,29)/t15-/m0/s1. The van der Waals surface area contributed by atoms with E-state index in [1.807, 2.05) is 0 Å². The maximum atomic E-state index is 11.7. The number of imide groups is 1. The van der Waals surface area contributed by atoms with Crippen LogP contribution in [0.1, 0.15) is 6.42 Å². The second-order valence-corrected chi connectivity index (χ2v) is 7.15. The Labute approximate surface area is 202 Å². The molecule has 0 bridgehead atoms. The lowest BCUT2D eigenvalue weighted by Gasteiger charge is -2.13. The van der Waals surface area contributed by atoms with Crippen molar-refractivity contribution < 1.29 is 48.0 Å². The molecule has 1 aliphatic rings. The fourth-order valence-electron chi connectivity index (χ4n) is 2.43. The smallest absolute Gasteiger partial charge is 0.327 e. The lowest BCUT2D eigenvalue weighted by molar-refractivity contribution is -0.141. The lowest BCUT2D eigenvalue weighted by Crippen LogP contribution is -2.42. The quantitative estimate of drug-likeness (QED) is 0.0823. The molecule has 0 aromatic rings. The molecule has 0 aromatic heterocycles. The number of aliphatic carboxylic acids is 1. The predicted octanol–water partition coefficient (Wildman–Crippen LogP) is -2.02. The van der Waals surface area contributed by atoms with Crippen LogP contribution in [0.25, 0.3) is 0 Å². The predicted molar refractivity (Wildman–Crippen MR) is 120 cm³/mol.